The first-order valence-electron chi connectivity index (χ1n) is 7.75. The lowest BCUT2D eigenvalue weighted by Crippen LogP contribution is -2.28. The molecule has 3 unspecified atom stereocenters. The van der Waals surface area contributed by atoms with E-state index in [0.717, 1.165) is 18.6 Å². The Labute approximate surface area is 107 Å². The number of rotatable bonds is 6. The van der Waals surface area contributed by atoms with Gasteiger partial charge in [-0.25, -0.2) is 0 Å². The third kappa shape index (κ3) is 4.26. The fourth-order valence-electron chi connectivity index (χ4n) is 3.43. The standard InChI is InChI=1S/C15H29NO/c1-2-13-7-3-4-10-15(13)17-12-6-9-14-8-5-11-16-14/h13-16H,2-12H2,1H3. The van der Waals surface area contributed by atoms with E-state index in [2.05, 4.69) is 12.2 Å². The van der Waals surface area contributed by atoms with Crippen molar-refractivity contribution in [2.75, 3.05) is 13.2 Å². The normalized spacial score (nSPS) is 34.1. The average Bonchev–Trinajstić information content (AvgIpc) is 2.88. The van der Waals surface area contributed by atoms with Crippen molar-refractivity contribution in [3.05, 3.63) is 0 Å². The second-order valence-electron chi connectivity index (χ2n) is 5.80. The number of hydrogen-bond acceptors (Lipinski definition) is 2. The minimum absolute atomic E-state index is 0.574. The van der Waals surface area contributed by atoms with E-state index in [4.69, 9.17) is 4.74 Å². The maximum atomic E-state index is 6.12. The predicted molar refractivity (Wildman–Crippen MR) is 72.2 cm³/mol. The van der Waals surface area contributed by atoms with Crippen molar-refractivity contribution >= 4 is 0 Å². The summed E-state index contributed by atoms with van der Waals surface area (Å²) in [4.78, 5) is 0. The summed E-state index contributed by atoms with van der Waals surface area (Å²) in [5.41, 5.74) is 0. The molecule has 1 saturated carbocycles. The van der Waals surface area contributed by atoms with Gasteiger partial charge in [0, 0.05) is 12.6 Å². The van der Waals surface area contributed by atoms with Gasteiger partial charge < -0.3 is 10.1 Å². The van der Waals surface area contributed by atoms with Gasteiger partial charge in [0.15, 0.2) is 0 Å². The molecule has 1 N–H and O–H groups in total. The van der Waals surface area contributed by atoms with Crippen LogP contribution in [0.5, 0.6) is 0 Å². The van der Waals surface area contributed by atoms with E-state index in [1.807, 2.05) is 0 Å². The molecule has 0 radical (unpaired) electrons. The van der Waals surface area contributed by atoms with Crippen LogP contribution >= 0.6 is 0 Å². The largest absolute Gasteiger partial charge is 0.378 e. The first-order chi connectivity index (χ1) is 8.40. The Morgan fingerprint density at radius 2 is 2.00 bits per heavy atom. The van der Waals surface area contributed by atoms with E-state index >= 15 is 0 Å². The number of ether oxygens (including phenoxy) is 1. The Balaban J connectivity index is 1.56. The predicted octanol–water partition coefficient (Wildman–Crippen LogP) is 3.50. The topological polar surface area (TPSA) is 21.3 Å². The smallest absolute Gasteiger partial charge is 0.0603 e. The van der Waals surface area contributed by atoms with E-state index < -0.39 is 0 Å². The molecule has 1 aliphatic heterocycles. The van der Waals surface area contributed by atoms with E-state index in [0.29, 0.717) is 6.10 Å². The highest BCUT2D eigenvalue weighted by Crippen LogP contribution is 2.29. The highest BCUT2D eigenvalue weighted by atomic mass is 16.5. The molecule has 2 rings (SSSR count). The van der Waals surface area contributed by atoms with Gasteiger partial charge in [0.05, 0.1) is 6.10 Å². The molecule has 0 aromatic heterocycles. The van der Waals surface area contributed by atoms with Crippen molar-refractivity contribution in [3.63, 3.8) is 0 Å². The van der Waals surface area contributed by atoms with Crippen LogP contribution in [0.2, 0.25) is 0 Å². The van der Waals surface area contributed by atoms with Crippen LogP contribution in [-0.4, -0.2) is 25.3 Å². The second-order valence-corrected chi connectivity index (χ2v) is 5.80. The molecular weight excluding hydrogens is 210 g/mol. The first kappa shape index (κ1) is 13.4. The van der Waals surface area contributed by atoms with Crippen LogP contribution in [0.4, 0.5) is 0 Å². The van der Waals surface area contributed by atoms with Crippen molar-refractivity contribution in [2.45, 2.75) is 76.9 Å². The molecular formula is C15H29NO. The number of nitrogens with one attached hydrogen (secondary N) is 1. The van der Waals surface area contributed by atoms with Crippen LogP contribution in [0, 0.1) is 5.92 Å². The molecule has 1 heterocycles. The van der Waals surface area contributed by atoms with Gasteiger partial charge in [0.25, 0.3) is 0 Å². The molecule has 2 aliphatic rings. The first-order valence-corrected chi connectivity index (χ1v) is 7.75. The summed E-state index contributed by atoms with van der Waals surface area (Å²) < 4.78 is 6.12. The molecule has 1 saturated heterocycles. The molecule has 0 amide bonds. The zero-order chi connectivity index (χ0) is 11.9. The van der Waals surface area contributed by atoms with Crippen LogP contribution in [0.3, 0.4) is 0 Å². The molecule has 17 heavy (non-hydrogen) atoms. The lowest BCUT2D eigenvalue weighted by Gasteiger charge is -2.30. The monoisotopic (exact) mass is 239 g/mol. The quantitative estimate of drug-likeness (QED) is 0.716. The fourth-order valence-corrected chi connectivity index (χ4v) is 3.43. The minimum Gasteiger partial charge on any atom is -0.378 e. The summed E-state index contributed by atoms with van der Waals surface area (Å²) in [5.74, 6) is 0.841. The van der Waals surface area contributed by atoms with Gasteiger partial charge in [-0.1, -0.05) is 26.2 Å². The van der Waals surface area contributed by atoms with E-state index in [9.17, 15) is 0 Å². The van der Waals surface area contributed by atoms with Gasteiger partial charge in [-0.15, -0.1) is 0 Å². The Morgan fingerprint density at radius 3 is 2.76 bits per heavy atom. The molecule has 0 spiro atoms. The van der Waals surface area contributed by atoms with Crippen LogP contribution in [0.25, 0.3) is 0 Å². The van der Waals surface area contributed by atoms with Gasteiger partial charge in [-0.2, -0.15) is 0 Å². The fraction of sp³-hybridized carbons (Fsp3) is 1.00. The Morgan fingerprint density at radius 1 is 1.12 bits per heavy atom. The van der Waals surface area contributed by atoms with Crippen molar-refractivity contribution in [1.82, 2.24) is 5.32 Å². The highest BCUT2D eigenvalue weighted by Gasteiger charge is 2.24. The summed E-state index contributed by atoms with van der Waals surface area (Å²) in [6.07, 6.45) is 12.7. The summed E-state index contributed by atoms with van der Waals surface area (Å²) in [6, 6.07) is 0.784. The molecule has 0 bridgehead atoms. The summed E-state index contributed by atoms with van der Waals surface area (Å²) in [6.45, 7) is 4.53. The highest BCUT2D eigenvalue weighted by molar-refractivity contribution is 4.76. The third-order valence-electron chi connectivity index (χ3n) is 4.55. The second kappa shape index (κ2) is 7.38. The lowest BCUT2D eigenvalue weighted by atomic mass is 9.85. The summed E-state index contributed by atoms with van der Waals surface area (Å²) >= 11 is 0. The van der Waals surface area contributed by atoms with E-state index in [-0.39, 0.29) is 0 Å². The SMILES string of the molecule is CCC1CCCCC1OCCCC1CCCN1. The van der Waals surface area contributed by atoms with E-state index in [1.54, 1.807) is 0 Å². The van der Waals surface area contributed by atoms with Crippen LogP contribution in [0.1, 0.15) is 64.7 Å². The van der Waals surface area contributed by atoms with E-state index in [1.165, 1.54) is 64.3 Å². The summed E-state index contributed by atoms with van der Waals surface area (Å²) in [7, 11) is 0. The molecule has 100 valence electrons. The van der Waals surface area contributed by atoms with Crippen molar-refractivity contribution in [3.8, 4) is 0 Å². The maximum Gasteiger partial charge on any atom is 0.0603 e. The average molecular weight is 239 g/mol. The molecule has 2 heteroatoms. The molecule has 0 aromatic rings. The minimum atomic E-state index is 0.574. The van der Waals surface area contributed by atoms with Crippen LogP contribution in [0.15, 0.2) is 0 Å². The lowest BCUT2D eigenvalue weighted by molar-refractivity contribution is -0.0139. The van der Waals surface area contributed by atoms with Gasteiger partial charge >= 0.3 is 0 Å². The Hall–Kier alpha value is -0.0800. The van der Waals surface area contributed by atoms with Crippen LogP contribution < -0.4 is 5.32 Å². The molecule has 2 fully saturated rings. The van der Waals surface area contributed by atoms with Crippen LogP contribution in [-0.2, 0) is 4.74 Å². The van der Waals surface area contributed by atoms with Gasteiger partial charge in [-0.05, 0) is 51.0 Å². The van der Waals surface area contributed by atoms with Gasteiger partial charge in [0.2, 0.25) is 0 Å². The molecule has 2 nitrogen and oxygen atoms in total. The zero-order valence-corrected chi connectivity index (χ0v) is 11.4. The third-order valence-corrected chi connectivity index (χ3v) is 4.55. The Bertz CT molecular complexity index is 201. The van der Waals surface area contributed by atoms with Crippen molar-refractivity contribution < 1.29 is 4.74 Å². The molecule has 1 aliphatic carbocycles. The van der Waals surface area contributed by atoms with Gasteiger partial charge in [0.1, 0.15) is 0 Å². The Kier molecular flexibility index (Phi) is 5.79. The van der Waals surface area contributed by atoms with Crippen molar-refractivity contribution in [2.24, 2.45) is 5.92 Å². The van der Waals surface area contributed by atoms with Gasteiger partial charge in [-0.3, -0.25) is 0 Å². The maximum absolute atomic E-state index is 6.12. The molecule has 3 atom stereocenters. The number of hydrogen-bond donors (Lipinski definition) is 1. The molecule has 0 aromatic carbocycles. The van der Waals surface area contributed by atoms with Crippen molar-refractivity contribution in [1.29, 1.82) is 0 Å². The summed E-state index contributed by atoms with van der Waals surface area (Å²) in [5, 5.41) is 3.56. The zero-order valence-electron chi connectivity index (χ0n) is 11.4.